The molecule has 2 fully saturated rings. The lowest BCUT2D eigenvalue weighted by atomic mass is 10.0. The highest BCUT2D eigenvalue weighted by molar-refractivity contribution is 5.78. The number of benzene rings is 1. The Hall–Kier alpha value is -3.91. The summed E-state index contributed by atoms with van der Waals surface area (Å²) in [6.07, 6.45) is 2.13. The second-order valence-electron chi connectivity index (χ2n) is 11.8. The molecular weight excluding hydrogens is 575 g/mol. The van der Waals surface area contributed by atoms with Gasteiger partial charge in [-0.25, -0.2) is 13.2 Å². The number of aromatic nitrogens is 4. The number of fused-ring (bicyclic) bond motifs is 1. The molecular formula is C30H38F3N9O2. The van der Waals surface area contributed by atoms with Crippen LogP contribution in [0.25, 0.3) is 11.1 Å². The number of alkyl halides is 2. The Morgan fingerprint density at radius 2 is 1.84 bits per heavy atom. The van der Waals surface area contributed by atoms with Gasteiger partial charge in [0.1, 0.15) is 5.82 Å². The van der Waals surface area contributed by atoms with Gasteiger partial charge in [-0.1, -0.05) is 0 Å². The monoisotopic (exact) mass is 613 g/mol. The number of hydrogen-bond acceptors (Lipinski definition) is 7. The molecule has 6 rings (SSSR count). The number of halogens is 3. The third-order valence-electron chi connectivity index (χ3n) is 8.91. The zero-order chi connectivity index (χ0) is 31.0. The first-order valence-corrected chi connectivity index (χ1v) is 15.1. The van der Waals surface area contributed by atoms with Crippen molar-refractivity contribution in [2.45, 2.75) is 45.2 Å². The van der Waals surface area contributed by atoms with Crippen LogP contribution in [0.5, 0.6) is 0 Å². The smallest absolute Gasteiger partial charge is 0.264 e. The van der Waals surface area contributed by atoms with Crippen molar-refractivity contribution in [2.24, 2.45) is 7.05 Å². The molecule has 0 spiro atoms. The third-order valence-corrected chi connectivity index (χ3v) is 8.91. The standard InChI is InChI=1S/C30H38F3N9O2/c1-19(43)41-10-5-27-24(17-41)30(36-26-14-23(29(32)33)22(13-25(26)31)20-15-35-38(2)16-20)37-42(27)21-3-8-40(9-4-21)28(44)18-39-11-6-34-7-12-39/h13-16,21,29,34H,3-12,17-18H2,1-2H3,(H,36,37). The molecule has 0 radical (unpaired) electrons. The normalized spacial score (nSPS) is 18.1. The van der Waals surface area contributed by atoms with Crippen molar-refractivity contribution in [3.63, 3.8) is 0 Å². The molecule has 0 aliphatic carbocycles. The fourth-order valence-corrected chi connectivity index (χ4v) is 6.44. The Kier molecular flexibility index (Phi) is 8.63. The molecule has 2 N–H and O–H groups in total. The maximum Gasteiger partial charge on any atom is 0.264 e. The topological polar surface area (TPSA) is 104 Å². The number of aryl methyl sites for hydroxylation is 1. The summed E-state index contributed by atoms with van der Waals surface area (Å²) in [7, 11) is 1.66. The van der Waals surface area contributed by atoms with Crippen LogP contribution in [0.2, 0.25) is 0 Å². The molecule has 236 valence electrons. The molecule has 11 nitrogen and oxygen atoms in total. The van der Waals surface area contributed by atoms with E-state index < -0.39 is 12.2 Å². The van der Waals surface area contributed by atoms with E-state index >= 15 is 4.39 Å². The Morgan fingerprint density at radius 1 is 1.09 bits per heavy atom. The minimum absolute atomic E-state index is 0.0147. The van der Waals surface area contributed by atoms with E-state index in [2.05, 4.69) is 20.6 Å². The van der Waals surface area contributed by atoms with Gasteiger partial charge in [0.05, 0.1) is 31.0 Å². The third kappa shape index (κ3) is 6.18. The van der Waals surface area contributed by atoms with Crippen LogP contribution in [0.3, 0.4) is 0 Å². The van der Waals surface area contributed by atoms with Crippen LogP contribution in [0.1, 0.15) is 49.1 Å². The van der Waals surface area contributed by atoms with Crippen molar-refractivity contribution in [3.8, 4) is 11.1 Å². The Balaban J connectivity index is 1.25. The molecule has 0 bridgehead atoms. The number of rotatable bonds is 7. The summed E-state index contributed by atoms with van der Waals surface area (Å²) in [5, 5.41) is 15.2. The maximum atomic E-state index is 15.5. The van der Waals surface area contributed by atoms with Gasteiger partial charge >= 0.3 is 0 Å². The molecule has 5 heterocycles. The van der Waals surface area contributed by atoms with Crippen LogP contribution < -0.4 is 10.6 Å². The van der Waals surface area contributed by atoms with E-state index in [1.165, 1.54) is 17.8 Å². The number of carbonyl (C=O) groups excluding carboxylic acids is 2. The van der Waals surface area contributed by atoms with E-state index in [-0.39, 0.29) is 41.2 Å². The van der Waals surface area contributed by atoms with Gasteiger partial charge in [0, 0.05) is 94.8 Å². The lowest BCUT2D eigenvalue weighted by Gasteiger charge is -2.35. The van der Waals surface area contributed by atoms with Crippen LogP contribution in [0.15, 0.2) is 24.5 Å². The lowest BCUT2D eigenvalue weighted by molar-refractivity contribution is -0.134. The van der Waals surface area contributed by atoms with Crippen molar-refractivity contribution in [1.82, 2.24) is 39.6 Å². The van der Waals surface area contributed by atoms with Crippen LogP contribution >= 0.6 is 0 Å². The first-order chi connectivity index (χ1) is 21.2. The van der Waals surface area contributed by atoms with Gasteiger partial charge < -0.3 is 20.4 Å². The molecule has 2 aromatic heterocycles. The molecule has 44 heavy (non-hydrogen) atoms. The summed E-state index contributed by atoms with van der Waals surface area (Å²) in [5.41, 5.74) is 1.72. The van der Waals surface area contributed by atoms with Gasteiger partial charge in [0.25, 0.3) is 6.43 Å². The molecule has 2 saturated heterocycles. The molecule has 1 aromatic carbocycles. The van der Waals surface area contributed by atoms with Gasteiger partial charge in [0.2, 0.25) is 11.8 Å². The predicted molar refractivity (Wildman–Crippen MR) is 158 cm³/mol. The Labute approximate surface area is 254 Å². The van der Waals surface area contributed by atoms with Crippen LogP contribution in [0, 0.1) is 5.82 Å². The quantitative estimate of drug-likeness (QED) is 0.422. The van der Waals surface area contributed by atoms with Crippen molar-refractivity contribution in [1.29, 1.82) is 0 Å². The highest BCUT2D eigenvalue weighted by Gasteiger charge is 2.32. The average Bonchev–Trinajstić information content (AvgIpc) is 3.61. The van der Waals surface area contributed by atoms with Gasteiger partial charge in [-0.15, -0.1) is 0 Å². The van der Waals surface area contributed by atoms with Gasteiger partial charge in [-0.2, -0.15) is 10.2 Å². The predicted octanol–water partition coefficient (Wildman–Crippen LogP) is 3.08. The molecule has 0 atom stereocenters. The summed E-state index contributed by atoms with van der Waals surface area (Å²) in [6.45, 7) is 7.44. The Morgan fingerprint density at radius 3 is 2.50 bits per heavy atom. The molecule has 0 saturated carbocycles. The van der Waals surface area contributed by atoms with Gasteiger partial charge in [-0.3, -0.25) is 23.9 Å². The zero-order valence-electron chi connectivity index (χ0n) is 25.0. The van der Waals surface area contributed by atoms with Gasteiger partial charge in [-0.05, 0) is 30.5 Å². The SMILES string of the molecule is CC(=O)N1CCc2c(c(Nc3cc(C(F)F)c(-c4cnn(C)c4)cc3F)nn2C2CCN(C(=O)CN3CCNCC3)CC2)C1. The number of hydrogen-bond donors (Lipinski definition) is 2. The number of amides is 2. The number of carbonyl (C=O) groups is 2. The molecule has 3 aromatic rings. The molecule has 3 aliphatic rings. The van der Waals surface area contributed by atoms with Crippen LogP contribution in [-0.4, -0.2) is 98.4 Å². The molecule has 3 aliphatic heterocycles. The molecule has 0 unspecified atom stereocenters. The minimum Gasteiger partial charge on any atom is -0.341 e. The Bertz CT molecular complexity index is 1520. The average molecular weight is 614 g/mol. The second-order valence-corrected chi connectivity index (χ2v) is 11.8. The first-order valence-electron chi connectivity index (χ1n) is 15.1. The largest absolute Gasteiger partial charge is 0.341 e. The van der Waals surface area contributed by atoms with Crippen molar-refractivity contribution >= 4 is 23.3 Å². The summed E-state index contributed by atoms with van der Waals surface area (Å²) in [5.74, 6) is -0.312. The summed E-state index contributed by atoms with van der Waals surface area (Å²) < 4.78 is 47.3. The number of piperidine rings is 1. The number of nitrogens with zero attached hydrogens (tertiary/aromatic N) is 7. The van der Waals surface area contributed by atoms with Crippen LogP contribution in [0.4, 0.5) is 24.7 Å². The zero-order valence-corrected chi connectivity index (χ0v) is 25.0. The number of nitrogens with one attached hydrogen (secondary N) is 2. The minimum atomic E-state index is -2.84. The van der Waals surface area contributed by atoms with E-state index in [1.807, 2.05) is 9.58 Å². The maximum absolute atomic E-state index is 15.5. The van der Waals surface area contributed by atoms with E-state index in [0.29, 0.717) is 56.8 Å². The van der Waals surface area contributed by atoms with Gasteiger partial charge in [0.15, 0.2) is 5.82 Å². The fourth-order valence-electron chi connectivity index (χ4n) is 6.44. The highest BCUT2D eigenvalue weighted by Crippen LogP contribution is 2.38. The van der Waals surface area contributed by atoms with E-state index in [0.717, 1.165) is 49.6 Å². The number of likely N-dealkylation sites (tertiary alicyclic amines) is 1. The molecule has 2 amide bonds. The number of piperazine rings is 1. The van der Waals surface area contributed by atoms with Crippen molar-refractivity contribution < 1.29 is 22.8 Å². The van der Waals surface area contributed by atoms with Crippen molar-refractivity contribution in [3.05, 3.63) is 47.2 Å². The van der Waals surface area contributed by atoms with Crippen molar-refractivity contribution in [2.75, 3.05) is 57.7 Å². The highest BCUT2D eigenvalue weighted by atomic mass is 19.3. The van der Waals surface area contributed by atoms with Crippen LogP contribution in [-0.2, 0) is 29.6 Å². The number of anilines is 2. The summed E-state index contributed by atoms with van der Waals surface area (Å²) in [4.78, 5) is 31.0. The van der Waals surface area contributed by atoms with E-state index in [1.54, 1.807) is 18.1 Å². The summed E-state index contributed by atoms with van der Waals surface area (Å²) in [6, 6.07) is 2.24. The van der Waals surface area contributed by atoms with E-state index in [9.17, 15) is 18.4 Å². The fraction of sp³-hybridized carbons (Fsp3) is 0.533. The molecule has 14 heteroatoms. The second kappa shape index (κ2) is 12.6. The summed E-state index contributed by atoms with van der Waals surface area (Å²) >= 11 is 0. The lowest BCUT2D eigenvalue weighted by Crippen LogP contribution is -2.49. The van der Waals surface area contributed by atoms with E-state index in [4.69, 9.17) is 5.10 Å². The first kappa shape index (κ1) is 30.1.